The van der Waals surface area contributed by atoms with Crippen molar-refractivity contribution in [2.45, 2.75) is 19.0 Å². The SMILES string of the molecule is CN(C)[C@H](C(=O)NCCCn1cncn1)c1ccc(F)cc1. The maximum absolute atomic E-state index is 13.0. The molecule has 0 saturated carbocycles. The predicted molar refractivity (Wildman–Crippen MR) is 80.5 cm³/mol. The molecule has 1 aromatic heterocycles. The fourth-order valence-electron chi connectivity index (χ4n) is 2.23. The molecule has 22 heavy (non-hydrogen) atoms. The van der Waals surface area contributed by atoms with E-state index in [0.29, 0.717) is 13.1 Å². The summed E-state index contributed by atoms with van der Waals surface area (Å²) in [5.74, 6) is -0.412. The molecule has 2 rings (SSSR count). The highest BCUT2D eigenvalue weighted by Gasteiger charge is 2.22. The number of aromatic nitrogens is 3. The molecule has 0 bridgehead atoms. The number of halogens is 1. The van der Waals surface area contributed by atoms with Crippen molar-refractivity contribution in [3.63, 3.8) is 0 Å². The second-order valence-electron chi connectivity index (χ2n) is 5.22. The van der Waals surface area contributed by atoms with Gasteiger partial charge in [0.15, 0.2) is 0 Å². The molecule has 0 unspecified atom stereocenters. The number of hydrogen-bond acceptors (Lipinski definition) is 4. The maximum atomic E-state index is 13.0. The van der Waals surface area contributed by atoms with Gasteiger partial charge in [0.2, 0.25) is 5.91 Å². The normalized spacial score (nSPS) is 12.4. The molecular weight excluding hydrogens is 285 g/mol. The van der Waals surface area contributed by atoms with Crippen LogP contribution in [0.25, 0.3) is 0 Å². The molecule has 0 fully saturated rings. The third-order valence-electron chi connectivity index (χ3n) is 3.28. The Kier molecular flexibility index (Phi) is 5.60. The van der Waals surface area contributed by atoms with Crippen molar-refractivity contribution < 1.29 is 9.18 Å². The minimum absolute atomic E-state index is 0.102. The molecule has 0 aliphatic carbocycles. The van der Waals surface area contributed by atoms with Gasteiger partial charge in [0.25, 0.3) is 0 Å². The van der Waals surface area contributed by atoms with Gasteiger partial charge in [0.05, 0.1) is 0 Å². The van der Waals surface area contributed by atoms with Gasteiger partial charge in [-0.05, 0) is 38.2 Å². The molecule has 0 radical (unpaired) electrons. The van der Waals surface area contributed by atoms with Gasteiger partial charge in [-0.1, -0.05) is 12.1 Å². The number of likely N-dealkylation sites (N-methyl/N-ethyl adjacent to an activating group) is 1. The van der Waals surface area contributed by atoms with Gasteiger partial charge in [-0.15, -0.1) is 0 Å². The first-order valence-electron chi connectivity index (χ1n) is 7.10. The molecule has 7 heteroatoms. The first-order chi connectivity index (χ1) is 10.6. The predicted octanol–water partition coefficient (Wildman–Crippen LogP) is 1.23. The number of aryl methyl sites for hydroxylation is 1. The van der Waals surface area contributed by atoms with E-state index in [-0.39, 0.29) is 11.7 Å². The molecule has 0 aliphatic heterocycles. The van der Waals surface area contributed by atoms with Gasteiger partial charge < -0.3 is 5.32 Å². The number of carbonyl (C=O) groups excluding carboxylic acids is 1. The molecule has 6 nitrogen and oxygen atoms in total. The smallest absolute Gasteiger partial charge is 0.241 e. The van der Waals surface area contributed by atoms with Crippen LogP contribution in [0.1, 0.15) is 18.0 Å². The Morgan fingerprint density at radius 1 is 1.36 bits per heavy atom. The van der Waals surface area contributed by atoms with Crippen molar-refractivity contribution >= 4 is 5.91 Å². The van der Waals surface area contributed by atoms with E-state index in [0.717, 1.165) is 12.0 Å². The fraction of sp³-hybridized carbons (Fsp3) is 0.400. The van der Waals surface area contributed by atoms with E-state index in [2.05, 4.69) is 15.4 Å². The number of hydrogen-bond donors (Lipinski definition) is 1. The molecule has 1 aromatic carbocycles. The zero-order valence-electron chi connectivity index (χ0n) is 12.7. The molecule has 0 spiro atoms. The quantitative estimate of drug-likeness (QED) is 0.782. The molecular formula is C15H20FN5O. The average Bonchev–Trinajstić information content (AvgIpc) is 2.99. The number of carbonyl (C=O) groups is 1. The van der Waals surface area contributed by atoms with E-state index in [9.17, 15) is 9.18 Å². The molecule has 1 heterocycles. The van der Waals surface area contributed by atoms with Crippen molar-refractivity contribution in [3.05, 3.63) is 48.3 Å². The summed E-state index contributed by atoms with van der Waals surface area (Å²) in [7, 11) is 3.64. The van der Waals surface area contributed by atoms with Gasteiger partial charge in [-0.3, -0.25) is 14.4 Å². The Balaban J connectivity index is 1.88. The minimum Gasteiger partial charge on any atom is -0.354 e. The standard InChI is InChI=1S/C15H20FN5O/c1-20(2)14(12-4-6-13(16)7-5-12)15(22)18-8-3-9-21-11-17-10-19-21/h4-7,10-11,14H,3,8-9H2,1-2H3,(H,18,22)/t14-/m0/s1. The second kappa shape index (κ2) is 7.65. The second-order valence-corrected chi connectivity index (χ2v) is 5.22. The molecule has 1 atom stereocenters. The van der Waals surface area contributed by atoms with Gasteiger partial charge in [-0.2, -0.15) is 5.10 Å². The lowest BCUT2D eigenvalue weighted by Crippen LogP contribution is -2.37. The van der Waals surface area contributed by atoms with Gasteiger partial charge in [-0.25, -0.2) is 9.37 Å². The van der Waals surface area contributed by atoms with E-state index in [4.69, 9.17) is 0 Å². The van der Waals surface area contributed by atoms with E-state index >= 15 is 0 Å². The summed E-state index contributed by atoms with van der Waals surface area (Å²) >= 11 is 0. The van der Waals surface area contributed by atoms with Crippen molar-refractivity contribution in [3.8, 4) is 0 Å². The van der Waals surface area contributed by atoms with Crippen LogP contribution in [-0.4, -0.2) is 46.2 Å². The van der Waals surface area contributed by atoms with Crippen molar-refractivity contribution in [1.29, 1.82) is 0 Å². The first kappa shape index (κ1) is 16.1. The van der Waals surface area contributed by atoms with Crippen LogP contribution in [0.4, 0.5) is 4.39 Å². The molecule has 0 saturated heterocycles. The number of amides is 1. The summed E-state index contributed by atoms with van der Waals surface area (Å²) in [6, 6.07) is 5.56. The molecule has 0 aliphatic rings. The highest BCUT2D eigenvalue weighted by Crippen LogP contribution is 2.18. The number of nitrogens with zero attached hydrogens (tertiary/aromatic N) is 4. The lowest BCUT2D eigenvalue weighted by molar-refractivity contribution is -0.125. The zero-order valence-corrected chi connectivity index (χ0v) is 12.7. The van der Waals surface area contributed by atoms with Crippen LogP contribution in [0.5, 0.6) is 0 Å². The van der Waals surface area contributed by atoms with Crippen LogP contribution in [0, 0.1) is 5.82 Å². The van der Waals surface area contributed by atoms with Crippen LogP contribution in [-0.2, 0) is 11.3 Å². The van der Waals surface area contributed by atoms with Gasteiger partial charge in [0, 0.05) is 13.1 Å². The van der Waals surface area contributed by atoms with Crippen LogP contribution in [0.2, 0.25) is 0 Å². The molecule has 2 aromatic rings. The molecule has 118 valence electrons. The van der Waals surface area contributed by atoms with Crippen molar-refractivity contribution in [2.24, 2.45) is 0 Å². The average molecular weight is 305 g/mol. The van der Waals surface area contributed by atoms with Crippen molar-refractivity contribution in [2.75, 3.05) is 20.6 Å². The number of benzene rings is 1. The third kappa shape index (κ3) is 4.36. The molecule has 1 amide bonds. The van der Waals surface area contributed by atoms with Gasteiger partial charge >= 0.3 is 0 Å². The number of rotatable bonds is 7. The van der Waals surface area contributed by atoms with E-state index in [1.165, 1.54) is 18.5 Å². The topological polar surface area (TPSA) is 63.1 Å². The highest BCUT2D eigenvalue weighted by molar-refractivity contribution is 5.83. The van der Waals surface area contributed by atoms with Crippen molar-refractivity contribution in [1.82, 2.24) is 25.0 Å². The molecule has 1 N–H and O–H groups in total. The zero-order chi connectivity index (χ0) is 15.9. The Morgan fingerprint density at radius 3 is 2.68 bits per heavy atom. The van der Waals surface area contributed by atoms with E-state index in [1.54, 1.807) is 28.0 Å². The monoisotopic (exact) mass is 305 g/mol. The van der Waals surface area contributed by atoms with Crippen LogP contribution < -0.4 is 5.32 Å². The Morgan fingerprint density at radius 2 is 2.09 bits per heavy atom. The van der Waals surface area contributed by atoms with E-state index < -0.39 is 6.04 Å². The van der Waals surface area contributed by atoms with E-state index in [1.807, 2.05) is 14.1 Å². The van der Waals surface area contributed by atoms with Gasteiger partial charge in [0.1, 0.15) is 24.5 Å². The summed E-state index contributed by atoms with van der Waals surface area (Å²) < 4.78 is 14.7. The van der Waals surface area contributed by atoms with Crippen LogP contribution in [0.3, 0.4) is 0 Å². The maximum Gasteiger partial charge on any atom is 0.241 e. The third-order valence-corrected chi connectivity index (χ3v) is 3.28. The summed E-state index contributed by atoms with van der Waals surface area (Å²) in [6.45, 7) is 1.24. The first-order valence-corrected chi connectivity index (χ1v) is 7.10. The summed E-state index contributed by atoms with van der Waals surface area (Å²) in [4.78, 5) is 18.0. The highest BCUT2D eigenvalue weighted by atomic mass is 19.1. The largest absolute Gasteiger partial charge is 0.354 e. The Labute approximate surface area is 129 Å². The summed E-state index contributed by atoms with van der Waals surface area (Å²) in [5, 5.41) is 6.90. The summed E-state index contributed by atoms with van der Waals surface area (Å²) in [5.41, 5.74) is 0.764. The fourth-order valence-corrected chi connectivity index (χ4v) is 2.23. The number of nitrogens with one attached hydrogen (secondary N) is 1. The lowest BCUT2D eigenvalue weighted by Gasteiger charge is -2.23. The van der Waals surface area contributed by atoms with Crippen LogP contribution >= 0.6 is 0 Å². The lowest BCUT2D eigenvalue weighted by atomic mass is 10.1. The minimum atomic E-state index is -0.438. The summed E-state index contributed by atoms with van der Waals surface area (Å²) in [6.07, 6.45) is 3.89. The Bertz CT molecular complexity index is 582. The Hall–Kier alpha value is -2.28. The van der Waals surface area contributed by atoms with Crippen LogP contribution in [0.15, 0.2) is 36.9 Å².